The number of nitrogens with one attached hydrogen (secondary N) is 2. The van der Waals surface area contributed by atoms with Crippen LogP contribution in [-0.4, -0.2) is 78.0 Å². The molecule has 6 rings (SSSR count). The fourth-order valence-corrected chi connectivity index (χ4v) is 5.99. The predicted octanol–water partition coefficient (Wildman–Crippen LogP) is 4.43. The zero-order valence-corrected chi connectivity index (χ0v) is 22.8. The van der Waals surface area contributed by atoms with Gasteiger partial charge in [-0.1, -0.05) is 23.2 Å². The van der Waals surface area contributed by atoms with Crippen molar-refractivity contribution in [3.05, 3.63) is 46.6 Å². The van der Waals surface area contributed by atoms with Crippen molar-refractivity contribution in [1.29, 1.82) is 0 Å². The van der Waals surface area contributed by atoms with E-state index in [0.717, 1.165) is 66.1 Å². The number of H-pyrrole nitrogens is 1. The van der Waals surface area contributed by atoms with Gasteiger partial charge in [-0.25, -0.2) is 15.0 Å². The van der Waals surface area contributed by atoms with Crippen LogP contribution in [0.4, 0.5) is 5.82 Å². The fourth-order valence-electron chi connectivity index (χ4n) is 5.67. The minimum atomic E-state index is -0.839. The first-order valence-electron chi connectivity index (χ1n) is 13.3. The highest BCUT2D eigenvalue weighted by molar-refractivity contribution is 6.42. The topological polar surface area (TPSA) is 115 Å². The number of rotatable bonds is 10. The van der Waals surface area contributed by atoms with Crippen molar-refractivity contribution in [2.24, 2.45) is 5.92 Å². The van der Waals surface area contributed by atoms with E-state index in [1.54, 1.807) is 12.4 Å². The smallest absolute Gasteiger partial charge is 0.145 e. The number of aliphatic hydroxyl groups is 2. The summed E-state index contributed by atoms with van der Waals surface area (Å²) in [6, 6.07) is 5.87. The molecule has 0 radical (unpaired) electrons. The minimum absolute atomic E-state index is 0.0202. The summed E-state index contributed by atoms with van der Waals surface area (Å²) in [4.78, 5) is 19.1. The van der Waals surface area contributed by atoms with Gasteiger partial charge in [0.2, 0.25) is 0 Å². The summed E-state index contributed by atoms with van der Waals surface area (Å²) < 4.78 is 2.01. The van der Waals surface area contributed by atoms with Gasteiger partial charge in [-0.05, 0) is 63.9 Å². The Labute approximate surface area is 231 Å². The van der Waals surface area contributed by atoms with Crippen molar-refractivity contribution in [3.8, 4) is 0 Å². The number of nitrogens with zero attached hydrogens (tertiary/aromatic N) is 5. The zero-order chi connectivity index (χ0) is 26.4. The van der Waals surface area contributed by atoms with E-state index in [1.807, 2.05) is 22.9 Å². The standard InChI is InChI=1S/C27H33Cl2N7O2/c1-35(8-3-2-4-23-33-20-11-18(28)19(29)12-21(20)34-23)13-15-10-22(25(38)24(15)37)36-9-7-17-26(32-16-5-6-16)30-14-31-27(17)36/h7,9,11-12,14-16,22,24-25,37-38H,2-6,8,10,13H2,1H3,(H,33,34)(H,30,31,32)/t15?,22-,24-,25+/m1/s1. The predicted molar refractivity (Wildman–Crippen MR) is 150 cm³/mol. The van der Waals surface area contributed by atoms with E-state index < -0.39 is 12.2 Å². The van der Waals surface area contributed by atoms with E-state index >= 15 is 0 Å². The van der Waals surface area contributed by atoms with Crippen LogP contribution in [0.25, 0.3) is 22.1 Å². The highest BCUT2D eigenvalue weighted by Crippen LogP contribution is 2.38. The number of fused-ring (bicyclic) bond motifs is 2. The second kappa shape index (κ2) is 10.6. The molecule has 2 fully saturated rings. The van der Waals surface area contributed by atoms with Gasteiger partial charge in [-0.15, -0.1) is 0 Å². The second-order valence-corrected chi connectivity index (χ2v) is 11.6. The number of unbranched alkanes of at least 4 members (excludes halogenated alkanes) is 1. The van der Waals surface area contributed by atoms with Crippen molar-refractivity contribution < 1.29 is 10.2 Å². The number of aryl methyl sites for hydroxylation is 1. The lowest BCUT2D eigenvalue weighted by atomic mass is 10.0. The van der Waals surface area contributed by atoms with E-state index in [9.17, 15) is 10.2 Å². The van der Waals surface area contributed by atoms with Gasteiger partial charge in [0.25, 0.3) is 0 Å². The molecule has 3 heterocycles. The van der Waals surface area contributed by atoms with Crippen LogP contribution < -0.4 is 5.32 Å². The van der Waals surface area contributed by atoms with Gasteiger partial charge >= 0.3 is 0 Å². The average Bonchev–Trinajstić information content (AvgIpc) is 3.36. The summed E-state index contributed by atoms with van der Waals surface area (Å²) in [5.74, 6) is 1.75. The lowest BCUT2D eigenvalue weighted by Gasteiger charge is -2.23. The molecule has 4 N–H and O–H groups in total. The average molecular weight is 559 g/mol. The number of hydrogen-bond donors (Lipinski definition) is 4. The quantitative estimate of drug-likeness (QED) is 0.213. The molecule has 0 aliphatic heterocycles. The van der Waals surface area contributed by atoms with Crippen molar-refractivity contribution in [1.82, 2.24) is 29.4 Å². The van der Waals surface area contributed by atoms with Gasteiger partial charge < -0.3 is 30.0 Å². The molecule has 0 amide bonds. The van der Waals surface area contributed by atoms with E-state index in [1.165, 1.54) is 12.8 Å². The largest absolute Gasteiger partial charge is 0.390 e. The molecule has 3 aromatic heterocycles. The number of aromatic amines is 1. The van der Waals surface area contributed by atoms with E-state index in [0.29, 0.717) is 22.5 Å². The third-order valence-electron chi connectivity index (χ3n) is 7.88. The maximum Gasteiger partial charge on any atom is 0.145 e. The van der Waals surface area contributed by atoms with E-state index in [2.05, 4.69) is 37.2 Å². The van der Waals surface area contributed by atoms with Gasteiger partial charge in [-0.3, -0.25) is 0 Å². The molecule has 0 saturated heterocycles. The van der Waals surface area contributed by atoms with Crippen LogP contribution >= 0.6 is 23.2 Å². The van der Waals surface area contributed by atoms with Gasteiger partial charge in [0.1, 0.15) is 29.7 Å². The molecule has 0 bridgehead atoms. The third-order valence-corrected chi connectivity index (χ3v) is 8.60. The number of benzene rings is 1. The molecule has 1 aromatic carbocycles. The van der Waals surface area contributed by atoms with Crippen molar-refractivity contribution in [2.45, 2.75) is 62.8 Å². The Morgan fingerprint density at radius 3 is 2.76 bits per heavy atom. The molecule has 11 heteroatoms. The summed E-state index contributed by atoms with van der Waals surface area (Å²) in [5, 5.41) is 27.3. The molecule has 4 atom stereocenters. The van der Waals surface area contributed by atoms with Gasteiger partial charge in [-0.2, -0.15) is 0 Å². The van der Waals surface area contributed by atoms with Crippen LogP contribution in [0.5, 0.6) is 0 Å². The highest BCUT2D eigenvalue weighted by atomic mass is 35.5. The van der Waals surface area contributed by atoms with Crippen LogP contribution in [0, 0.1) is 5.92 Å². The Morgan fingerprint density at radius 1 is 1.13 bits per heavy atom. The van der Waals surface area contributed by atoms with Gasteiger partial charge in [0.05, 0.1) is 38.6 Å². The highest BCUT2D eigenvalue weighted by Gasteiger charge is 2.43. The SMILES string of the molecule is CN(CCCCc1nc2cc(Cl)c(Cl)cc2[nH]1)CC1C[C@@H](n2ccc3c(NC4CC4)ncnc32)[C@H](O)[C@@H]1O. The van der Waals surface area contributed by atoms with E-state index in [4.69, 9.17) is 23.2 Å². The number of halogens is 2. The maximum absolute atomic E-state index is 11.0. The molecule has 9 nitrogen and oxygen atoms in total. The summed E-state index contributed by atoms with van der Waals surface area (Å²) in [7, 11) is 2.08. The van der Waals surface area contributed by atoms with Gasteiger partial charge in [0, 0.05) is 31.1 Å². The number of aliphatic hydroxyl groups excluding tert-OH is 2. The Hall–Kier alpha value is -2.43. The monoisotopic (exact) mass is 557 g/mol. The van der Waals surface area contributed by atoms with Crippen LogP contribution in [0.1, 0.15) is 44.0 Å². The third kappa shape index (κ3) is 5.22. The van der Waals surface area contributed by atoms with Crippen molar-refractivity contribution >= 4 is 51.1 Å². The summed E-state index contributed by atoms with van der Waals surface area (Å²) in [6.45, 7) is 1.62. The number of aromatic nitrogens is 5. The summed E-state index contributed by atoms with van der Waals surface area (Å²) in [6.07, 6.45) is 7.76. The molecule has 2 saturated carbocycles. The molecule has 0 spiro atoms. The molecule has 2 aliphatic rings. The van der Waals surface area contributed by atoms with E-state index in [-0.39, 0.29) is 12.0 Å². The van der Waals surface area contributed by atoms with Gasteiger partial charge in [0.15, 0.2) is 0 Å². The molecule has 2 aliphatic carbocycles. The Balaban J connectivity index is 1.03. The van der Waals surface area contributed by atoms with Crippen molar-refractivity contribution in [3.63, 3.8) is 0 Å². The molecule has 1 unspecified atom stereocenters. The van der Waals surface area contributed by atoms with Crippen LogP contribution in [0.15, 0.2) is 30.7 Å². The number of hydrogen-bond acceptors (Lipinski definition) is 7. The summed E-state index contributed by atoms with van der Waals surface area (Å²) >= 11 is 12.2. The lowest BCUT2D eigenvalue weighted by Crippen LogP contribution is -2.35. The Bertz CT molecular complexity index is 1400. The van der Waals surface area contributed by atoms with Crippen LogP contribution in [0.3, 0.4) is 0 Å². The Morgan fingerprint density at radius 2 is 1.95 bits per heavy atom. The zero-order valence-electron chi connectivity index (χ0n) is 21.3. The first-order chi connectivity index (χ1) is 18.4. The lowest BCUT2D eigenvalue weighted by molar-refractivity contribution is 0.00167. The molecule has 4 aromatic rings. The summed E-state index contributed by atoms with van der Waals surface area (Å²) in [5.41, 5.74) is 2.52. The molecule has 202 valence electrons. The Kier molecular flexibility index (Phi) is 7.22. The maximum atomic E-state index is 11.0. The molecular weight excluding hydrogens is 525 g/mol. The van der Waals surface area contributed by atoms with Crippen LogP contribution in [-0.2, 0) is 6.42 Å². The number of anilines is 1. The first-order valence-corrected chi connectivity index (χ1v) is 14.1. The second-order valence-electron chi connectivity index (χ2n) is 10.8. The number of imidazole rings is 1. The first kappa shape index (κ1) is 25.8. The molecule has 38 heavy (non-hydrogen) atoms. The van der Waals surface area contributed by atoms with Crippen molar-refractivity contribution in [2.75, 3.05) is 25.5 Å². The molecular formula is C27H33Cl2N7O2. The normalized spacial score (nSPS) is 23.7. The fraction of sp³-hybridized carbons (Fsp3) is 0.519. The van der Waals surface area contributed by atoms with Crippen LogP contribution in [0.2, 0.25) is 10.0 Å². The minimum Gasteiger partial charge on any atom is -0.390 e.